The van der Waals surface area contributed by atoms with Crippen molar-refractivity contribution in [3.63, 3.8) is 0 Å². The number of hydrogen-bond acceptors (Lipinski definition) is 2. The maximum absolute atomic E-state index is 12.8. The molecule has 1 N–H and O–H groups in total. The van der Waals surface area contributed by atoms with E-state index in [0.717, 1.165) is 28.9 Å². The molecule has 0 aliphatic carbocycles. The highest BCUT2D eigenvalue weighted by atomic mass is 16.5. The Morgan fingerprint density at radius 1 is 0.889 bits per heavy atom. The van der Waals surface area contributed by atoms with Crippen molar-refractivity contribution in [1.82, 2.24) is 5.32 Å². The van der Waals surface area contributed by atoms with Crippen LogP contribution in [0, 0.1) is 0 Å². The van der Waals surface area contributed by atoms with Crippen LogP contribution in [0.1, 0.15) is 42.2 Å². The lowest BCUT2D eigenvalue weighted by Gasteiger charge is -2.37. The fourth-order valence-corrected chi connectivity index (χ4v) is 3.62. The van der Waals surface area contributed by atoms with E-state index in [9.17, 15) is 4.79 Å². The van der Waals surface area contributed by atoms with Crippen LogP contribution in [0.3, 0.4) is 0 Å². The molecular formula is C24H23NO2. The third-order valence-electron chi connectivity index (χ3n) is 4.94. The van der Waals surface area contributed by atoms with E-state index in [-0.39, 0.29) is 17.6 Å². The predicted octanol–water partition coefficient (Wildman–Crippen LogP) is 5.39. The van der Waals surface area contributed by atoms with Gasteiger partial charge in [0.25, 0.3) is 5.91 Å². The van der Waals surface area contributed by atoms with Crippen LogP contribution in [0.5, 0.6) is 5.75 Å². The monoisotopic (exact) mass is 357 g/mol. The van der Waals surface area contributed by atoms with Crippen LogP contribution in [0.4, 0.5) is 0 Å². The topological polar surface area (TPSA) is 38.3 Å². The maximum atomic E-state index is 12.8. The molecule has 4 rings (SSSR count). The van der Waals surface area contributed by atoms with Crippen LogP contribution in [-0.4, -0.2) is 11.5 Å². The second-order valence-electron chi connectivity index (χ2n) is 7.57. The summed E-state index contributed by atoms with van der Waals surface area (Å²) in [4.78, 5) is 12.8. The van der Waals surface area contributed by atoms with Gasteiger partial charge in [0.15, 0.2) is 0 Å². The second-order valence-corrected chi connectivity index (χ2v) is 7.57. The Hall–Kier alpha value is -3.07. The van der Waals surface area contributed by atoms with E-state index >= 15 is 0 Å². The van der Waals surface area contributed by atoms with Crippen molar-refractivity contribution < 1.29 is 9.53 Å². The number of amides is 1. The number of para-hydroxylation sites is 1. The molecule has 0 bridgehead atoms. The van der Waals surface area contributed by atoms with E-state index in [1.165, 1.54) is 0 Å². The van der Waals surface area contributed by atoms with Crippen LogP contribution in [0.2, 0.25) is 0 Å². The highest BCUT2D eigenvalue weighted by Crippen LogP contribution is 2.39. The lowest BCUT2D eigenvalue weighted by atomic mass is 9.89. The van der Waals surface area contributed by atoms with Gasteiger partial charge in [-0.1, -0.05) is 60.7 Å². The smallest absolute Gasteiger partial charge is 0.251 e. The van der Waals surface area contributed by atoms with Crippen molar-refractivity contribution >= 4 is 5.91 Å². The predicted molar refractivity (Wildman–Crippen MR) is 108 cm³/mol. The average molecular weight is 357 g/mol. The fourth-order valence-electron chi connectivity index (χ4n) is 3.62. The van der Waals surface area contributed by atoms with Gasteiger partial charge in [-0.05, 0) is 43.2 Å². The molecule has 0 spiro atoms. The molecule has 0 aromatic heterocycles. The standard InChI is InChI=1S/C24H23NO2/c1-24(2)16-21(20-10-6-7-11-22(20)27-24)25-23(26)19-14-12-18(13-15-19)17-8-4-3-5-9-17/h3-15,21H,16H2,1-2H3,(H,25,26). The van der Waals surface area contributed by atoms with Gasteiger partial charge in [0.2, 0.25) is 0 Å². The summed E-state index contributed by atoms with van der Waals surface area (Å²) in [7, 11) is 0. The van der Waals surface area contributed by atoms with Crippen molar-refractivity contribution in [1.29, 1.82) is 0 Å². The summed E-state index contributed by atoms with van der Waals surface area (Å²) in [5.74, 6) is 0.783. The molecule has 0 radical (unpaired) electrons. The highest BCUT2D eigenvalue weighted by molar-refractivity contribution is 5.95. The summed E-state index contributed by atoms with van der Waals surface area (Å²) in [6.45, 7) is 4.10. The van der Waals surface area contributed by atoms with Crippen LogP contribution in [0.25, 0.3) is 11.1 Å². The number of fused-ring (bicyclic) bond motifs is 1. The molecule has 1 atom stereocenters. The maximum Gasteiger partial charge on any atom is 0.251 e. The van der Waals surface area contributed by atoms with Crippen molar-refractivity contribution in [2.75, 3.05) is 0 Å². The molecule has 0 fully saturated rings. The molecule has 3 nitrogen and oxygen atoms in total. The lowest BCUT2D eigenvalue weighted by molar-refractivity contribution is 0.0620. The van der Waals surface area contributed by atoms with Gasteiger partial charge in [0, 0.05) is 17.5 Å². The van der Waals surface area contributed by atoms with Crippen molar-refractivity contribution in [3.8, 4) is 16.9 Å². The first-order chi connectivity index (χ1) is 13.0. The number of carbonyl (C=O) groups is 1. The average Bonchev–Trinajstić information content (AvgIpc) is 2.68. The first kappa shape index (κ1) is 17.3. The van der Waals surface area contributed by atoms with Gasteiger partial charge < -0.3 is 10.1 Å². The molecule has 3 aromatic rings. The normalized spacial score (nSPS) is 17.5. The molecule has 0 saturated heterocycles. The number of nitrogens with one attached hydrogen (secondary N) is 1. The minimum absolute atomic E-state index is 0.0629. The molecule has 1 unspecified atom stereocenters. The largest absolute Gasteiger partial charge is 0.487 e. The van der Waals surface area contributed by atoms with E-state index < -0.39 is 0 Å². The van der Waals surface area contributed by atoms with Gasteiger partial charge >= 0.3 is 0 Å². The summed E-state index contributed by atoms with van der Waals surface area (Å²) in [5, 5.41) is 3.19. The lowest BCUT2D eigenvalue weighted by Crippen LogP contribution is -2.41. The van der Waals surface area contributed by atoms with Crippen LogP contribution >= 0.6 is 0 Å². The van der Waals surface area contributed by atoms with Crippen LogP contribution in [0.15, 0.2) is 78.9 Å². The Morgan fingerprint density at radius 3 is 2.26 bits per heavy atom. The van der Waals surface area contributed by atoms with Crippen LogP contribution in [-0.2, 0) is 0 Å². The Bertz CT molecular complexity index is 946. The molecule has 1 aliphatic heterocycles. The number of rotatable bonds is 3. The highest BCUT2D eigenvalue weighted by Gasteiger charge is 2.34. The van der Waals surface area contributed by atoms with Crippen molar-refractivity contribution in [2.45, 2.75) is 31.9 Å². The SMILES string of the molecule is CC1(C)CC(NC(=O)c2ccc(-c3ccccc3)cc2)c2ccccc2O1. The summed E-state index contributed by atoms with van der Waals surface area (Å²) in [5.41, 5.74) is 3.63. The Labute approximate surface area is 160 Å². The third-order valence-corrected chi connectivity index (χ3v) is 4.94. The van der Waals surface area contributed by atoms with Crippen molar-refractivity contribution in [3.05, 3.63) is 90.0 Å². The Morgan fingerprint density at radius 2 is 1.52 bits per heavy atom. The van der Waals surface area contributed by atoms with E-state index in [1.54, 1.807) is 0 Å². The quantitative estimate of drug-likeness (QED) is 0.683. The minimum atomic E-state index is -0.316. The summed E-state index contributed by atoms with van der Waals surface area (Å²) in [6, 6.07) is 25.8. The summed E-state index contributed by atoms with van der Waals surface area (Å²) in [6.07, 6.45) is 0.734. The van der Waals surface area contributed by atoms with Gasteiger partial charge in [-0.2, -0.15) is 0 Å². The molecule has 27 heavy (non-hydrogen) atoms. The van der Waals surface area contributed by atoms with Crippen molar-refractivity contribution in [2.24, 2.45) is 0 Å². The minimum Gasteiger partial charge on any atom is -0.487 e. The molecule has 1 aliphatic rings. The zero-order chi connectivity index (χ0) is 18.9. The fraction of sp³-hybridized carbons (Fsp3) is 0.208. The van der Waals surface area contributed by atoms with Gasteiger partial charge in [0.1, 0.15) is 11.4 Å². The van der Waals surface area contributed by atoms with Gasteiger partial charge in [-0.3, -0.25) is 4.79 Å². The van der Waals surface area contributed by atoms with E-state index in [2.05, 4.69) is 31.3 Å². The molecule has 3 aromatic carbocycles. The molecule has 1 heterocycles. The van der Waals surface area contributed by atoms with E-state index in [0.29, 0.717) is 5.56 Å². The molecule has 1 amide bonds. The summed E-state index contributed by atoms with van der Waals surface area (Å²) >= 11 is 0. The first-order valence-electron chi connectivity index (χ1n) is 9.26. The molecule has 3 heteroatoms. The molecule has 0 saturated carbocycles. The van der Waals surface area contributed by atoms with Gasteiger partial charge in [-0.15, -0.1) is 0 Å². The van der Waals surface area contributed by atoms with Crippen LogP contribution < -0.4 is 10.1 Å². The molecular weight excluding hydrogens is 334 g/mol. The Balaban J connectivity index is 1.54. The zero-order valence-electron chi connectivity index (χ0n) is 15.6. The van der Waals surface area contributed by atoms with Gasteiger partial charge in [0.05, 0.1) is 6.04 Å². The van der Waals surface area contributed by atoms with E-state index in [1.807, 2.05) is 66.7 Å². The third kappa shape index (κ3) is 3.72. The second kappa shape index (κ2) is 6.92. The molecule has 136 valence electrons. The Kier molecular flexibility index (Phi) is 4.44. The number of ether oxygens (including phenoxy) is 1. The summed E-state index contributed by atoms with van der Waals surface area (Å²) < 4.78 is 6.05. The van der Waals surface area contributed by atoms with Gasteiger partial charge in [-0.25, -0.2) is 0 Å². The zero-order valence-corrected chi connectivity index (χ0v) is 15.6. The number of benzene rings is 3. The number of hydrogen-bond donors (Lipinski definition) is 1. The number of carbonyl (C=O) groups excluding carboxylic acids is 1. The van der Waals surface area contributed by atoms with E-state index in [4.69, 9.17) is 4.74 Å². The first-order valence-corrected chi connectivity index (χ1v) is 9.26.